The largest absolute Gasteiger partial charge is 0.463 e. The van der Waals surface area contributed by atoms with E-state index in [1.807, 2.05) is 11.8 Å². The summed E-state index contributed by atoms with van der Waals surface area (Å²) >= 11 is 1.98. The molecule has 0 N–H and O–H groups in total. The summed E-state index contributed by atoms with van der Waals surface area (Å²) in [7, 11) is -0.0479. The molecule has 0 aromatic heterocycles. The van der Waals surface area contributed by atoms with Gasteiger partial charge in [-0.2, -0.15) is 11.8 Å². The fourth-order valence-electron chi connectivity index (χ4n) is 2.73. The molecule has 2 rings (SSSR count). The summed E-state index contributed by atoms with van der Waals surface area (Å²) < 4.78 is 12.7. The van der Waals surface area contributed by atoms with Crippen molar-refractivity contribution in [3.8, 4) is 0 Å². The lowest BCUT2D eigenvalue weighted by molar-refractivity contribution is -0.0120. The summed E-state index contributed by atoms with van der Waals surface area (Å²) in [5.41, 5.74) is -0.0747. The molecular weight excluding hydrogens is 219 g/mol. The van der Waals surface area contributed by atoms with Crippen LogP contribution in [-0.4, -0.2) is 29.8 Å². The summed E-state index contributed by atoms with van der Waals surface area (Å²) in [5, 5.41) is 0.0688. The van der Waals surface area contributed by atoms with Crippen LogP contribution in [0.25, 0.3) is 0 Å². The number of rotatable bonds is 2. The van der Waals surface area contributed by atoms with Crippen molar-refractivity contribution >= 4 is 18.9 Å². The van der Waals surface area contributed by atoms with Crippen molar-refractivity contribution in [3.63, 3.8) is 0 Å². The Kier molecular flexibility index (Phi) is 3.14. The van der Waals surface area contributed by atoms with Gasteiger partial charge in [-0.05, 0) is 18.2 Å². The second kappa shape index (κ2) is 3.92. The minimum Gasteiger partial charge on any atom is -0.401 e. The Bertz CT molecular complexity index is 259. The highest BCUT2D eigenvalue weighted by Crippen LogP contribution is 2.54. The molecule has 0 radical (unpaired) electrons. The summed E-state index contributed by atoms with van der Waals surface area (Å²) in [6, 6.07) is 0. The van der Waals surface area contributed by atoms with Gasteiger partial charge in [-0.25, -0.2) is 0 Å². The van der Waals surface area contributed by atoms with E-state index in [1.165, 1.54) is 0 Å². The summed E-state index contributed by atoms with van der Waals surface area (Å²) in [6.45, 7) is 11.0. The molecule has 92 valence electrons. The molecule has 2 atom stereocenters. The zero-order chi connectivity index (χ0) is 12.0. The molecule has 2 fully saturated rings. The molecule has 2 nitrogen and oxygen atoms in total. The molecule has 16 heavy (non-hydrogen) atoms. The molecule has 2 heterocycles. The van der Waals surface area contributed by atoms with Crippen molar-refractivity contribution in [1.82, 2.24) is 0 Å². The van der Waals surface area contributed by atoms with E-state index in [-0.39, 0.29) is 23.6 Å². The Hall–Kier alpha value is 0.335. The fourth-order valence-corrected chi connectivity index (χ4v) is 4.56. The van der Waals surface area contributed by atoms with E-state index < -0.39 is 0 Å². The number of hydrogen-bond donors (Lipinski definition) is 0. The first-order valence-corrected chi connectivity index (χ1v) is 7.48. The van der Waals surface area contributed by atoms with E-state index in [4.69, 9.17) is 9.31 Å². The van der Waals surface area contributed by atoms with Gasteiger partial charge in [0, 0.05) is 11.5 Å². The predicted molar refractivity (Wildman–Crippen MR) is 71.0 cm³/mol. The van der Waals surface area contributed by atoms with E-state index in [9.17, 15) is 0 Å². The van der Waals surface area contributed by atoms with Crippen LogP contribution in [0.3, 0.4) is 0 Å². The summed E-state index contributed by atoms with van der Waals surface area (Å²) in [6.07, 6.45) is 2.11. The van der Waals surface area contributed by atoms with Gasteiger partial charge in [0.15, 0.2) is 0 Å². The molecule has 0 aliphatic carbocycles. The molecule has 2 saturated heterocycles. The normalized spacial score (nSPS) is 39.2. The molecule has 0 unspecified atom stereocenters. The van der Waals surface area contributed by atoms with Crippen LogP contribution in [0.4, 0.5) is 0 Å². The van der Waals surface area contributed by atoms with E-state index in [1.54, 1.807) is 0 Å². The van der Waals surface area contributed by atoms with E-state index >= 15 is 0 Å². The van der Waals surface area contributed by atoms with Crippen LogP contribution in [0, 0.1) is 0 Å². The molecule has 0 amide bonds. The van der Waals surface area contributed by atoms with Crippen LogP contribution < -0.4 is 0 Å². The third-order valence-corrected chi connectivity index (χ3v) is 5.36. The molecule has 0 saturated carbocycles. The van der Waals surface area contributed by atoms with Gasteiger partial charge < -0.3 is 9.31 Å². The number of hydrogen-bond acceptors (Lipinski definition) is 3. The lowest BCUT2D eigenvalue weighted by Crippen LogP contribution is -2.49. The Morgan fingerprint density at radius 1 is 1.06 bits per heavy atom. The van der Waals surface area contributed by atoms with Crippen LogP contribution in [0.1, 0.15) is 47.5 Å². The maximum absolute atomic E-state index is 6.34. The molecule has 2 aliphatic rings. The van der Waals surface area contributed by atoms with Gasteiger partial charge in [-0.3, -0.25) is 0 Å². The molecule has 0 aromatic carbocycles. The van der Waals surface area contributed by atoms with Gasteiger partial charge in [-0.15, -0.1) is 0 Å². The third-order valence-electron chi connectivity index (χ3n) is 4.02. The van der Waals surface area contributed by atoms with Gasteiger partial charge in [0.2, 0.25) is 0 Å². The van der Waals surface area contributed by atoms with Crippen molar-refractivity contribution in [2.75, 3.05) is 11.5 Å². The monoisotopic (exact) mass is 242 g/mol. The SMILES string of the molecule is CC[C@@]12CSC[C@]1(CC)OB(C(C)(C)C)O2. The van der Waals surface area contributed by atoms with Crippen LogP contribution in [0.5, 0.6) is 0 Å². The number of thioether (sulfide) groups is 1. The van der Waals surface area contributed by atoms with Gasteiger partial charge in [0.25, 0.3) is 0 Å². The smallest absolute Gasteiger partial charge is 0.401 e. The molecule has 0 bridgehead atoms. The predicted octanol–water partition coefficient (Wildman–Crippen LogP) is 3.37. The molecule has 2 aliphatic heterocycles. The standard InChI is InChI=1S/C12H23BO2S/c1-6-11-8-16-9-12(11,7-2)15-13(14-11)10(3,4)5/h6-9H2,1-5H3/t11-,12+. The molecular formula is C12H23BO2S. The summed E-state index contributed by atoms with van der Waals surface area (Å²) in [5.74, 6) is 2.17. The van der Waals surface area contributed by atoms with E-state index in [2.05, 4.69) is 34.6 Å². The average molecular weight is 242 g/mol. The highest BCUT2D eigenvalue weighted by molar-refractivity contribution is 7.99. The van der Waals surface area contributed by atoms with E-state index in [0.717, 1.165) is 24.3 Å². The fraction of sp³-hybridized carbons (Fsp3) is 1.00. The summed E-state index contributed by atoms with van der Waals surface area (Å²) in [4.78, 5) is 0. The lowest BCUT2D eigenvalue weighted by Gasteiger charge is -2.36. The van der Waals surface area contributed by atoms with E-state index in [0.29, 0.717) is 0 Å². The van der Waals surface area contributed by atoms with Crippen LogP contribution in [0.15, 0.2) is 0 Å². The molecule has 0 aromatic rings. The van der Waals surface area contributed by atoms with Crippen LogP contribution in [-0.2, 0) is 9.31 Å². The lowest BCUT2D eigenvalue weighted by atomic mass is 9.61. The maximum Gasteiger partial charge on any atom is 0.463 e. The second-order valence-electron chi connectivity index (χ2n) is 6.12. The number of fused-ring (bicyclic) bond motifs is 1. The van der Waals surface area contributed by atoms with Gasteiger partial charge in [0.05, 0.1) is 11.2 Å². The second-order valence-corrected chi connectivity index (χ2v) is 7.11. The molecule has 0 spiro atoms. The van der Waals surface area contributed by atoms with Crippen LogP contribution in [0.2, 0.25) is 5.31 Å². The zero-order valence-corrected chi connectivity index (χ0v) is 11.9. The van der Waals surface area contributed by atoms with Gasteiger partial charge >= 0.3 is 7.12 Å². The minimum atomic E-state index is -0.0479. The van der Waals surface area contributed by atoms with Gasteiger partial charge in [0.1, 0.15) is 0 Å². The Morgan fingerprint density at radius 2 is 1.50 bits per heavy atom. The average Bonchev–Trinajstić information content (AvgIpc) is 2.68. The van der Waals surface area contributed by atoms with Gasteiger partial charge in [-0.1, -0.05) is 34.6 Å². The Balaban J connectivity index is 2.29. The van der Waals surface area contributed by atoms with Crippen molar-refractivity contribution in [2.24, 2.45) is 0 Å². The highest BCUT2D eigenvalue weighted by Gasteiger charge is 2.64. The van der Waals surface area contributed by atoms with Crippen LogP contribution >= 0.6 is 11.8 Å². The highest BCUT2D eigenvalue weighted by atomic mass is 32.2. The van der Waals surface area contributed by atoms with Crippen molar-refractivity contribution in [3.05, 3.63) is 0 Å². The first-order chi connectivity index (χ1) is 7.39. The third kappa shape index (κ3) is 1.65. The zero-order valence-electron chi connectivity index (χ0n) is 11.1. The van der Waals surface area contributed by atoms with Crippen molar-refractivity contribution in [1.29, 1.82) is 0 Å². The molecule has 4 heteroatoms. The Morgan fingerprint density at radius 3 is 1.81 bits per heavy atom. The minimum absolute atomic E-state index is 0.0373. The first kappa shape index (κ1) is 12.8. The first-order valence-electron chi connectivity index (χ1n) is 6.32. The maximum atomic E-state index is 6.34. The van der Waals surface area contributed by atoms with Crippen molar-refractivity contribution < 1.29 is 9.31 Å². The van der Waals surface area contributed by atoms with Crippen molar-refractivity contribution in [2.45, 2.75) is 64.0 Å². The topological polar surface area (TPSA) is 18.5 Å². The quantitative estimate of drug-likeness (QED) is 0.692. The Labute approximate surface area is 104 Å².